The highest BCUT2D eigenvalue weighted by Crippen LogP contribution is 2.39. The highest BCUT2D eigenvalue weighted by Gasteiger charge is 2.49. The first-order valence-corrected chi connectivity index (χ1v) is 6.04. The molecule has 4 heteroatoms. The summed E-state index contributed by atoms with van der Waals surface area (Å²) >= 11 is 5.76. The molecule has 0 amide bonds. The van der Waals surface area contributed by atoms with Crippen molar-refractivity contribution in [3.63, 3.8) is 0 Å². The van der Waals surface area contributed by atoms with E-state index in [1.54, 1.807) is 0 Å². The van der Waals surface area contributed by atoms with Crippen LogP contribution in [0.25, 0.3) is 0 Å². The number of hydrogen-bond acceptors (Lipinski definition) is 3. The van der Waals surface area contributed by atoms with E-state index in [2.05, 4.69) is 27.9 Å². The Hall–Kier alpha value is -0.640. The lowest BCUT2D eigenvalue weighted by atomic mass is 9.73. The summed E-state index contributed by atoms with van der Waals surface area (Å²) in [6.07, 6.45) is 1.88. The van der Waals surface area contributed by atoms with Gasteiger partial charge in [-0.05, 0) is 18.7 Å². The van der Waals surface area contributed by atoms with E-state index in [9.17, 15) is 0 Å². The molecule has 0 N–H and O–H groups in total. The second kappa shape index (κ2) is 3.69. The van der Waals surface area contributed by atoms with Gasteiger partial charge in [-0.3, -0.25) is 4.90 Å². The average Bonchev–Trinajstić information content (AvgIpc) is 2.16. The minimum absolute atomic E-state index is 0.574. The summed E-state index contributed by atoms with van der Waals surface area (Å²) in [7, 11) is 2.19. The van der Waals surface area contributed by atoms with Gasteiger partial charge in [0.15, 0.2) is 0 Å². The average molecular weight is 238 g/mol. The molecule has 1 spiro atoms. The summed E-state index contributed by atoms with van der Waals surface area (Å²) in [5, 5.41) is 0.574. The molecule has 1 aromatic heterocycles. The molecule has 0 aliphatic carbocycles. The molecule has 2 aliphatic heterocycles. The maximum Gasteiger partial charge on any atom is 0.129 e. The van der Waals surface area contributed by atoms with Crippen molar-refractivity contribution in [2.45, 2.75) is 6.54 Å². The van der Waals surface area contributed by atoms with Gasteiger partial charge in [-0.15, -0.1) is 0 Å². The molecule has 0 atom stereocenters. The smallest absolute Gasteiger partial charge is 0.129 e. The zero-order valence-electron chi connectivity index (χ0n) is 9.49. The number of halogens is 1. The topological polar surface area (TPSA) is 19.4 Å². The Labute approximate surface area is 101 Å². The van der Waals surface area contributed by atoms with Crippen LogP contribution in [-0.4, -0.2) is 48.0 Å². The Bertz CT molecular complexity index is 376. The molecule has 3 rings (SSSR count). The molecule has 2 aliphatic rings. The van der Waals surface area contributed by atoms with Crippen LogP contribution in [0, 0.1) is 5.41 Å². The molecule has 1 aromatic rings. The Morgan fingerprint density at radius 3 is 2.62 bits per heavy atom. The van der Waals surface area contributed by atoms with Crippen LogP contribution >= 0.6 is 11.6 Å². The molecule has 2 fully saturated rings. The first-order valence-electron chi connectivity index (χ1n) is 5.67. The third-order valence-corrected chi connectivity index (χ3v) is 3.75. The van der Waals surface area contributed by atoms with Gasteiger partial charge < -0.3 is 4.90 Å². The third kappa shape index (κ3) is 1.83. The molecule has 3 heterocycles. The van der Waals surface area contributed by atoms with Gasteiger partial charge in [0.2, 0.25) is 0 Å². The predicted molar refractivity (Wildman–Crippen MR) is 64.5 cm³/mol. The van der Waals surface area contributed by atoms with Crippen LogP contribution in [0.5, 0.6) is 0 Å². The van der Waals surface area contributed by atoms with Gasteiger partial charge in [0.25, 0.3) is 0 Å². The summed E-state index contributed by atoms with van der Waals surface area (Å²) in [6.45, 7) is 6.01. The van der Waals surface area contributed by atoms with Crippen molar-refractivity contribution in [1.29, 1.82) is 0 Å². The highest BCUT2D eigenvalue weighted by molar-refractivity contribution is 6.29. The lowest BCUT2D eigenvalue weighted by molar-refractivity contribution is -0.108. The molecule has 16 heavy (non-hydrogen) atoms. The van der Waals surface area contributed by atoms with Crippen molar-refractivity contribution in [2.75, 3.05) is 33.2 Å². The maximum atomic E-state index is 5.76. The molecule has 3 nitrogen and oxygen atoms in total. The fourth-order valence-corrected chi connectivity index (χ4v) is 3.18. The van der Waals surface area contributed by atoms with E-state index in [1.807, 2.05) is 12.3 Å². The molecular formula is C12H16ClN3. The van der Waals surface area contributed by atoms with Crippen LogP contribution < -0.4 is 0 Å². The maximum absolute atomic E-state index is 5.76. The second-order valence-corrected chi connectivity index (χ2v) is 5.69. The van der Waals surface area contributed by atoms with E-state index in [4.69, 9.17) is 11.6 Å². The van der Waals surface area contributed by atoms with E-state index in [-0.39, 0.29) is 0 Å². The van der Waals surface area contributed by atoms with E-state index < -0.39 is 0 Å². The van der Waals surface area contributed by atoms with Gasteiger partial charge in [0, 0.05) is 44.3 Å². The number of hydrogen-bond donors (Lipinski definition) is 0. The third-order valence-electron chi connectivity index (χ3n) is 3.52. The number of likely N-dealkylation sites (tertiary alicyclic amines) is 2. The van der Waals surface area contributed by atoms with Gasteiger partial charge in [0.1, 0.15) is 5.15 Å². The van der Waals surface area contributed by atoms with Crippen molar-refractivity contribution in [2.24, 2.45) is 5.41 Å². The molecule has 0 radical (unpaired) electrons. The summed E-state index contributed by atoms with van der Waals surface area (Å²) in [5.41, 5.74) is 1.88. The van der Waals surface area contributed by atoms with Gasteiger partial charge >= 0.3 is 0 Å². The van der Waals surface area contributed by atoms with Gasteiger partial charge in [0.05, 0.1) is 0 Å². The van der Waals surface area contributed by atoms with Crippen molar-refractivity contribution in [3.05, 3.63) is 29.0 Å². The minimum Gasteiger partial charge on any atom is -0.305 e. The van der Waals surface area contributed by atoms with Crippen LogP contribution in [0.2, 0.25) is 5.15 Å². The van der Waals surface area contributed by atoms with Gasteiger partial charge in [-0.1, -0.05) is 17.7 Å². The Morgan fingerprint density at radius 1 is 1.31 bits per heavy atom. The number of aromatic nitrogens is 1. The van der Waals surface area contributed by atoms with Gasteiger partial charge in [-0.2, -0.15) is 0 Å². The lowest BCUT2D eigenvalue weighted by Gasteiger charge is -2.59. The van der Waals surface area contributed by atoms with Crippen molar-refractivity contribution in [3.8, 4) is 0 Å². The van der Waals surface area contributed by atoms with Crippen LogP contribution in [0.1, 0.15) is 5.56 Å². The minimum atomic E-state index is 0.574. The van der Waals surface area contributed by atoms with Gasteiger partial charge in [-0.25, -0.2) is 4.98 Å². The summed E-state index contributed by atoms with van der Waals surface area (Å²) in [6, 6.07) is 3.93. The molecular weight excluding hydrogens is 222 g/mol. The van der Waals surface area contributed by atoms with E-state index in [1.165, 1.54) is 31.7 Å². The molecule has 2 saturated heterocycles. The fraction of sp³-hybridized carbons (Fsp3) is 0.583. The fourth-order valence-electron chi connectivity index (χ4n) is 3.07. The molecule has 0 unspecified atom stereocenters. The molecule has 0 saturated carbocycles. The van der Waals surface area contributed by atoms with Crippen molar-refractivity contribution >= 4 is 11.6 Å². The largest absolute Gasteiger partial charge is 0.305 e. The molecule has 0 aromatic carbocycles. The monoisotopic (exact) mass is 237 g/mol. The number of rotatable bonds is 2. The second-order valence-electron chi connectivity index (χ2n) is 5.31. The van der Waals surface area contributed by atoms with E-state index in [0.29, 0.717) is 10.6 Å². The van der Waals surface area contributed by atoms with Crippen LogP contribution in [0.15, 0.2) is 18.3 Å². The van der Waals surface area contributed by atoms with Crippen LogP contribution in [-0.2, 0) is 6.54 Å². The first kappa shape index (κ1) is 10.5. The summed E-state index contributed by atoms with van der Waals surface area (Å²) in [4.78, 5) is 8.98. The van der Waals surface area contributed by atoms with E-state index in [0.717, 1.165) is 6.54 Å². The summed E-state index contributed by atoms with van der Waals surface area (Å²) < 4.78 is 0. The highest BCUT2D eigenvalue weighted by atomic mass is 35.5. The quantitative estimate of drug-likeness (QED) is 0.727. The SMILES string of the molecule is CN1CC2(C1)CN(Cc1ccc(Cl)nc1)C2. The number of nitrogens with zero attached hydrogens (tertiary/aromatic N) is 3. The Kier molecular flexibility index (Phi) is 2.42. The van der Waals surface area contributed by atoms with Crippen LogP contribution in [0.3, 0.4) is 0 Å². The predicted octanol–water partition coefficient (Wildman–Crippen LogP) is 1.48. The summed E-state index contributed by atoms with van der Waals surface area (Å²) in [5.74, 6) is 0. The number of pyridine rings is 1. The first-order chi connectivity index (χ1) is 7.65. The van der Waals surface area contributed by atoms with Crippen molar-refractivity contribution < 1.29 is 0 Å². The molecule has 86 valence electrons. The standard InChI is InChI=1S/C12H16ClN3/c1-15-6-12(7-15)8-16(9-12)5-10-2-3-11(13)14-4-10/h2-4H,5-9H2,1H3. The Balaban J connectivity index is 1.53. The van der Waals surface area contributed by atoms with Crippen LogP contribution in [0.4, 0.5) is 0 Å². The van der Waals surface area contributed by atoms with Crippen molar-refractivity contribution in [1.82, 2.24) is 14.8 Å². The lowest BCUT2D eigenvalue weighted by Crippen LogP contribution is -2.70. The molecule has 0 bridgehead atoms. The Morgan fingerprint density at radius 2 is 2.06 bits per heavy atom. The zero-order chi connectivity index (χ0) is 11.2. The normalized spacial score (nSPS) is 24.1. The van der Waals surface area contributed by atoms with E-state index >= 15 is 0 Å². The zero-order valence-corrected chi connectivity index (χ0v) is 10.2.